The van der Waals surface area contributed by atoms with Crippen molar-refractivity contribution in [3.63, 3.8) is 0 Å². The summed E-state index contributed by atoms with van der Waals surface area (Å²) in [7, 11) is -2.98. The summed E-state index contributed by atoms with van der Waals surface area (Å²) < 4.78 is 25.1. The third kappa shape index (κ3) is 3.66. The van der Waals surface area contributed by atoms with Crippen molar-refractivity contribution in [1.82, 2.24) is 14.9 Å². The fourth-order valence-corrected chi connectivity index (χ4v) is 3.94. The maximum absolute atomic E-state index is 11.7. The molecule has 106 valence electrons. The topological polar surface area (TPSA) is 61.4 Å². The van der Waals surface area contributed by atoms with Gasteiger partial charge in [-0.15, -0.1) is 0 Å². The number of sulfonamides is 1. The van der Waals surface area contributed by atoms with Crippen LogP contribution in [0.1, 0.15) is 32.6 Å². The lowest BCUT2D eigenvalue weighted by Gasteiger charge is -2.35. The predicted octanol–water partition coefficient (Wildman–Crippen LogP) is 0.142. The van der Waals surface area contributed by atoms with Crippen LogP contribution < -0.4 is 10.6 Å². The number of nitrogens with zero attached hydrogens (tertiary/aromatic N) is 1. The molecule has 0 aliphatic carbocycles. The van der Waals surface area contributed by atoms with Crippen molar-refractivity contribution in [3.8, 4) is 0 Å². The number of rotatable bonds is 4. The van der Waals surface area contributed by atoms with Crippen molar-refractivity contribution in [2.45, 2.75) is 44.7 Å². The maximum Gasteiger partial charge on any atom is 0.213 e. The van der Waals surface area contributed by atoms with Crippen molar-refractivity contribution in [3.05, 3.63) is 0 Å². The van der Waals surface area contributed by atoms with E-state index in [9.17, 15) is 8.42 Å². The molecule has 0 amide bonds. The Kier molecular flexibility index (Phi) is 5.00. The lowest BCUT2D eigenvalue weighted by atomic mass is 10.0. The second-order valence-electron chi connectivity index (χ2n) is 5.26. The van der Waals surface area contributed by atoms with E-state index < -0.39 is 10.0 Å². The standard InChI is InChI=1S/C12H25N3O2S/c1-2-18(16,17)15-9-5-12(6-10-15)14-11-3-7-13-8-4-11/h11-14H,2-10H2,1H3. The Morgan fingerprint density at radius 1 is 1.11 bits per heavy atom. The molecule has 0 bridgehead atoms. The first-order chi connectivity index (χ1) is 8.62. The van der Waals surface area contributed by atoms with Crippen LogP contribution in [0.25, 0.3) is 0 Å². The van der Waals surface area contributed by atoms with E-state index >= 15 is 0 Å². The van der Waals surface area contributed by atoms with Gasteiger partial charge in [-0.2, -0.15) is 0 Å². The van der Waals surface area contributed by atoms with Crippen molar-refractivity contribution < 1.29 is 8.42 Å². The summed E-state index contributed by atoms with van der Waals surface area (Å²) in [5, 5.41) is 7.05. The molecular formula is C12H25N3O2S. The monoisotopic (exact) mass is 275 g/mol. The molecule has 0 unspecified atom stereocenters. The normalized spacial score (nSPS) is 25.4. The number of nitrogens with one attached hydrogen (secondary N) is 2. The van der Waals surface area contributed by atoms with Gasteiger partial charge in [0.2, 0.25) is 10.0 Å². The van der Waals surface area contributed by atoms with E-state index in [1.165, 1.54) is 12.8 Å². The second-order valence-corrected chi connectivity index (χ2v) is 7.52. The molecular weight excluding hydrogens is 250 g/mol. The van der Waals surface area contributed by atoms with Crippen LogP contribution in [0.2, 0.25) is 0 Å². The van der Waals surface area contributed by atoms with Crippen molar-refractivity contribution in [2.24, 2.45) is 0 Å². The summed E-state index contributed by atoms with van der Waals surface area (Å²) in [6, 6.07) is 1.11. The molecule has 2 N–H and O–H groups in total. The molecule has 2 aliphatic rings. The molecule has 2 rings (SSSR count). The summed E-state index contributed by atoms with van der Waals surface area (Å²) in [5.41, 5.74) is 0. The highest BCUT2D eigenvalue weighted by molar-refractivity contribution is 7.89. The first-order valence-electron chi connectivity index (χ1n) is 7.06. The third-order valence-electron chi connectivity index (χ3n) is 4.02. The molecule has 2 heterocycles. The van der Waals surface area contributed by atoms with Gasteiger partial charge in [-0.05, 0) is 45.7 Å². The molecule has 5 nitrogen and oxygen atoms in total. The molecule has 0 aromatic carbocycles. The molecule has 6 heteroatoms. The van der Waals surface area contributed by atoms with Gasteiger partial charge >= 0.3 is 0 Å². The fourth-order valence-electron chi connectivity index (χ4n) is 2.81. The smallest absolute Gasteiger partial charge is 0.213 e. The van der Waals surface area contributed by atoms with E-state index in [0.717, 1.165) is 25.9 Å². The molecule has 0 aromatic rings. The molecule has 0 aromatic heterocycles. The Hall–Kier alpha value is -0.170. The third-order valence-corrected chi connectivity index (χ3v) is 5.90. The van der Waals surface area contributed by atoms with Gasteiger partial charge in [0.25, 0.3) is 0 Å². The van der Waals surface area contributed by atoms with E-state index in [4.69, 9.17) is 0 Å². The van der Waals surface area contributed by atoms with E-state index in [2.05, 4.69) is 10.6 Å². The Balaban J connectivity index is 1.76. The average Bonchev–Trinajstić information content (AvgIpc) is 2.40. The minimum absolute atomic E-state index is 0.222. The molecule has 18 heavy (non-hydrogen) atoms. The van der Waals surface area contributed by atoms with Crippen LogP contribution in [0.15, 0.2) is 0 Å². The lowest BCUT2D eigenvalue weighted by molar-refractivity contribution is 0.256. The summed E-state index contributed by atoms with van der Waals surface area (Å²) in [6.07, 6.45) is 4.27. The van der Waals surface area contributed by atoms with Gasteiger partial charge in [0.15, 0.2) is 0 Å². The predicted molar refractivity (Wildman–Crippen MR) is 73.1 cm³/mol. The zero-order valence-electron chi connectivity index (χ0n) is 11.2. The van der Waals surface area contributed by atoms with Crippen LogP contribution in [0.5, 0.6) is 0 Å². The number of piperidine rings is 2. The molecule has 2 aliphatic heterocycles. The minimum Gasteiger partial charge on any atom is -0.317 e. The second kappa shape index (κ2) is 6.32. The van der Waals surface area contributed by atoms with Gasteiger partial charge < -0.3 is 10.6 Å². The van der Waals surface area contributed by atoms with Gasteiger partial charge in [-0.25, -0.2) is 12.7 Å². The van der Waals surface area contributed by atoms with E-state index in [0.29, 0.717) is 25.2 Å². The van der Waals surface area contributed by atoms with Gasteiger partial charge in [0, 0.05) is 25.2 Å². The number of hydrogen-bond acceptors (Lipinski definition) is 4. The first-order valence-corrected chi connectivity index (χ1v) is 8.67. The summed E-state index contributed by atoms with van der Waals surface area (Å²) in [5.74, 6) is 0.222. The Morgan fingerprint density at radius 2 is 1.67 bits per heavy atom. The molecule has 2 fully saturated rings. The summed E-state index contributed by atoms with van der Waals surface area (Å²) >= 11 is 0. The highest BCUT2D eigenvalue weighted by Crippen LogP contribution is 2.16. The van der Waals surface area contributed by atoms with Gasteiger partial charge in [0.1, 0.15) is 0 Å². The average molecular weight is 275 g/mol. The first kappa shape index (κ1) is 14.2. The van der Waals surface area contributed by atoms with E-state index in [-0.39, 0.29) is 5.75 Å². The van der Waals surface area contributed by atoms with Crippen molar-refractivity contribution in [1.29, 1.82) is 0 Å². The maximum atomic E-state index is 11.7. The van der Waals surface area contributed by atoms with Gasteiger partial charge in [-0.1, -0.05) is 0 Å². The highest BCUT2D eigenvalue weighted by atomic mass is 32.2. The van der Waals surface area contributed by atoms with E-state index in [1.807, 2.05) is 0 Å². The summed E-state index contributed by atoms with van der Waals surface area (Å²) in [6.45, 7) is 5.27. The lowest BCUT2D eigenvalue weighted by Crippen LogP contribution is -2.50. The molecule has 0 radical (unpaired) electrons. The van der Waals surface area contributed by atoms with Crippen LogP contribution in [-0.4, -0.2) is 56.7 Å². The van der Waals surface area contributed by atoms with Crippen LogP contribution >= 0.6 is 0 Å². The quantitative estimate of drug-likeness (QED) is 0.766. The Morgan fingerprint density at radius 3 is 2.22 bits per heavy atom. The zero-order valence-corrected chi connectivity index (χ0v) is 12.0. The molecule has 2 saturated heterocycles. The van der Waals surface area contributed by atoms with E-state index in [1.54, 1.807) is 11.2 Å². The van der Waals surface area contributed by atoms with Crippen LogP contribution in [0.4, 0.5) is 0 Å². The SMILES string of the molecule is CCS(=O)(=O)N1CCC(NC2CCNCC2)CC1. The zero-order chi connectivity index (χ0) is 13.0. The summed E-state index contributed by atoms with van der Waals surface area (Å²) in [4.78, 5) is 0. The largest absolute Gasteiger partial charge is 0.317 e. The molecule has 0 atom stereocenters. The Bertz CT molecular complexity index is 344. The van der Waals surface area contributed by atoms with Crippen molar-refractivity contribution in [2.75, 3.05) is 31.9 Å². The minimum atomic E-state index is -2.98. The van der Waals surface area contributed by atoms with Gasteiger partial charge in [-0.3, -0.25) is 0 Å². The highest BCUT2D eigenvalue weighted by Gasteiger charge is 2.27. The van der Waals surface area contributed by atoms with Crippen molar-refractivity contribution >= 4 is 10.0 Å². The molecule has 0 saturated carbocycles. The molecule has 0 spiro atoms. The fraction of sp³-hybridized carbons (Fsp3) is 1.00. The van der Waals surface area contributed by atoms with Crippen LogP contribution in [0.3, 0.4) is 0 Å². The van der Waals surface area contributed by atoms with Crippen LogP contribution in [0, 0.1) is 0 Å². The Labute approximate surface area is 110 Å². The van der Waals surface area contributed by atoms with Gasteiger partial charge in [0.05, 0.1) is 5.75 Å². The van der Waals surface area contributed by atoms with Crippen LogP contribution in [-0.2, 0) is 10.0 Å². The number of hydrogen-bond donors (Lipinski definition) is 2.